The number of fused-ring (bicyclic) bond motifs is 1. The van der Waals surface area contributed by atoms with Crippen LogP contribution in [0.25, 0.3) is 0 Å². The molecule has 0 spiro atoms. The molecule has 3 aromatic rings. The van der Waals surface area contributed by atoms with Crippen LogP contribution in [0.3, 0.4) is 0 Å². The Morgan fingerprint density at radius 3 is 2.80 bits per heavy atom. The van der Waals surface area contributed by atoms with Crippen LogP contribution in [0.5, 0.6) is 5.75 Å². The number of pyridine rings is 1. The van der Waals surface area contributed by atoms with Crippen molar-refractivity contribution in [3.8, 4) is 5.75 Å². The van der Waals surface area contributed by atoms with Crippen LogP contribution in [0.1, 0.15) is 39.3 Å². The van der Waals surface area contributed by atoms with Gasteiger partial charge in [0.25, 0.3) is 11.8 Å². The second-order valence-electron chi connectivity index (χ2n) is 6.78. The third kappa shape index (κ3) is 4.07. The number of carbonyl (C=O) groups excluding carboxylic acids is 3. The zero-order valence-corrected chi connectivity index (χ0v) is 16.3. The maximum absolute atomic E-state index is 12.4. The lowest BCUT2D eigenvalue weighted by atomic mass is 10.1. The molecule has 1 aliphatic heterocycles. The van der Waals surface area contributed by atoms with E-state index in [4.69, 9.17) is 9.15 Å². The van der Waals surface area contributed by atoms with Gasteiger partial charge >= 0.3 is 0 Å². The summed E-state index contributed by atoms with van der Waals surface area (Å²) in [6.07, 6.45) is 1.65. The van der Waals surface area contributed by atoms with Gasteiger partial charge in [0.2, 0.25) is 0 Å². The normalized spacial score (nSPS) is 12.8. The van der Waals surface area contributed by atoms with Crippen molar-refractivity contribution in [1.29, 1.82) is 0 Å². The van der Waals surface area contributed by atoms with Crippen LogP contribution in [0.15, 0.2) is 59.1 Å². The van der Waals surface area contributed by atoms with Crippen molar-refractivity contribution in [3.05, 3.63) is 77.5 Å². The van der Waals surface area contributed by atoms with Crippen molar-refractivity contribution < 1.29 is 23.5 Å². The number of furan rings is 1. The summed E-state index contributed by atoms with van der Waals surface area (Å²) in [4.78, 5) is 42.1. The van der Waals surface area contributed by atoms with Crippen molar-refractivity contribution in [3.63, 3.8) is 0 Å². The number of nitrogens with one attached hydrogen (secondary N) is 1. The van der Waals surface area contributed by atoms with Crippen molar-refractivity contribution in [1.82, 2.24) is 10.3 Å². The first kappa shape index (κ1) is 19.4. The highest BCUT2D eigenvalue weighted by molar-refractivity contribution is 6.01. The van der Waals surface area contributed by atoms with E-state index in [0.717, 1.165) is 5.69 Å². The Kier molecular flexibility index (Phi) is 5.30. The smallest absolute Gasteiger partial charge is 0.287 e. The number of hydrogen-bond donors (Lipinski definition) is 1. The monoisotopic (exact) mass is 405 g/mol. The number of anilines is 1. The molecule has 0 radical (unpaired) electrons. The van der Waals surface area contributed by atoms with E-state index < -0.39 is 0 Å². The zero-order chi connectivity index (χ0) is 21.1. The lowest BCUT2D eigenvalue weighted by Crippen LogP contribution is -2.38. The van der Waals surface area contributed by atoms with Gasteiger partial charge in [0.15, 0.2) is 18.2 Å². The van der Waals surface area contributed by atoms with Crippen LogP contribution < -0.4 is 15.0 Å². The maximum atomic E-state index is 12.4. The molecule has 3 heterocycles. The minimum Gasteiger partial charge on any atom is -0.482 e. The average molecular weight is 405 g/mol. The minimum atomic E-state index is -0.375. The molecular formula is C22H19N3O5. The predicted octanol–water partition coefficient (Wildman–Crippen LogP) is 2.73. The SMILES string of the molecule is CC(=O)c1ccc2c(c1)N(Cc1ccc(C(=O)NCc3ccccn3)o1)C(=O)CO2. The summed E-state index contributed by atoms with van der Waals surface area (Å²) in [7, 11) is 0. The summed E-state index contributed by atoms with van der Waals surface area (Å²) in [5, 5.41) is 2.74. The van der Waals surface area contributed by atoms with Crippen LogP contribution in [0, 0.1) is 0 Å². The maximum Gasteiger partial charge on any atom is 0.287 e. The van der Waals surface area contributed by atoms with E-state index in [1.165, 1.54) is 11.8 Å². The molecule has 2 aromatic heterocycles. The molecule has 4 rings (SSSR count). The fraction of sp³-hybridized carbons (Fsp3) is 0.182. The number of hydrogen-bond acceptors (Lipinski definition) is 6. The van der Waals surface area contributed by atoms with Gasteiger partial charge in [-0.15, -0.1) is 0 Å². The Labute approximate surface area is 172 Å². The van der Waals surface area contributed by atoms with E-state index in [1.807, 2.05) is 12.1 Å². The number of ketones is 1. The molecule has 152 valence electrons. The number of carbonyl (C=O) groups is 3. The molecule has 0 aliphatic carbocycles. The van der Waals surface area contributed by atoms with Gasteiger partial charge in [-0.25, -0.2) is 0 Å². The van der Waals surface area contributed by atoms with Crippen molar-refractivity contribution >= 4 is 23.3 Å². The first-order valence-corrected chi connectivity index (χ1v) is 9.36. The summed E-state index contributed by atoms with van der Waals surface area (Å²) < 4.78 is 11.1. The topological polar surface area (TPSA) is 102 Å². The van der Waals surface area contributed by atoms with Gasteiger partial charge in [0, 0.05) is 11.8 Å². The molecule has 2 amide bonds. The summed E-state index contributed by atoms with van der Waals surface area (Å²) in [6.45, 7) is 1.74. The van der Waals surface area contributed by atoms with Gasteiger partial charge in [-0.2, -0.15) is 0 Å². The number of aromatic nitrogens is 1. The number of rotatable bonds is 6. The van der Waals surface area contributed by atoms with Crippen LogP contribution >= 0.6 is 0 Å². The quantitative estimate of drug-likeness (QED) is 0.633. The lowest BCUT2D eigenvalue weighted by Gasteiger charge is -2.29. The van der Waals surface area contributed by atoms with Crippen LogP contribution in [0.4, 0.5) is 5.69 Å². The van der Waals surface area contributed by atoms with E-state index in [9.17, 15) is 14.4 Å². The van der Waals surface area contributed by atoms with Gasteiger partial charge in [0.1, 0.15) is 11.5 Å². The molecule has 1 aliphatic rings. The van der Waals surface area contributed by atoms with Gasteiger partial charge < -0.3 is 14.5 Å². The van der Waals surface area contributed by atoms with Crippen molar-refractivity contribution in [2.24, 2.45) is 0 Å². The van der Waals surface area contributed by atoms with Gasteiger partial charge in [-0.05, 0) is 49.4 Å². The highest BCUT2D eigenvalue weighted by Gasteiger charge is 2.27. The molecule has 0 atom stereocenters. The summed E-state index contributed by atoms with van der Waals surface area (Å²) >= 11 is 0. The first-order chi connectivity index (χ1) is 14.5. The molecule has 0 bridgehead atoms. The molecule has 1 aromatic carbocycles. The minimum absolute atomic E-state index is 0.107. The molecule has 8 heteroatoms. The number of ether oxygens (including phenoxy) is 1. The molecule has 0 saturated carbocycles. The van der Waals surface area contributed by atoms with E-state index in [1.54, 1.807) is 42.6 Å². The molecule has 0 saturated heterocycles. The summed E-state index contributed by atoms with van der Waals surface area (Å²) in [6, 6.07) is 13.6. The van der Waals surface area contributed by atoms with Crippen molar-refractivity contribution in [2.45, 2.75) is 20.0 Å². The van der Waals surface area contributed by atoms with E-state index in [0.29, 0.717) is 22.8 Å². The van der Waals surface area contributed by atoms with E-state index >= 15 is 0 Å². The van der Waals surface area contributed by atoms with Gasteiger partial charge in [0.05, 0.1) is 24.5 Å². The molecule has 1 N–H and O–H groups in total. The Morgan fingerprint density at radius 2 is 2.03 bits per heavy atom. The van der Waals surface area contributed by atoms with Crippen LogP contribution in [-0.2, 0) is 17.9 Å². The molecule has 0 fully saturated rings. The Morgan fingerprint density at radius 1 is 1.17 bits per heavy atom. The molecule has 0 unspecified atom stereocenters. The fourth-order valence-corrected chi connectivity index (χ4v) is 3.10. The average Bonchev–Trinajstić information content (AvgIpc) is 3.23. The largest absolute Gasteiger partial charge is 0.482 e. The Bertz CT molecular complexity index is 1110. The first-order valence-electron chi connectivity index (χ1n) is 9.36. The highest BCUT2D eigenvalue weighted by atomic mass is 16.5. The number of amides is 2. The Hall–Kier alpha value is -3.94. The van der Waals surface area contributed by atoms with Gasteiger partial charge in [-0.3, -0.25) is 24.3 Å². The second kappa shape index (κ2) is 8.20. The summed E-state index contributed by atoms with van der Waals surface area (Å²) in [5.41, 5.74) is 1.71. The third-order valence-electron chi connectivity index (χ3n) is 4.66. The lowest BCUT2D eigenvalue weighted by molar-refractivity contribution is -0.121. The summed E-state index contributed by atoms with van der Waals surface area (Å²) in [5.74, 6) is 0.340. The van der Waals surface area contributed by atoms with E-state index in [2.05, 4.69) is 10.3 Å². The predicted molar refractivity (Wildman–Crippen MR) is 107 cm³/mol. The zero-order valence-electron chi connectivity index (χ0n) is 16.3. The fourth-order valence-electron chi connectivity index (χ4n) is 3.10. The molecule has 30 heavy (non-hydrogen) atoms. The molecular weight excluding hydrogens is 386 g/mol. The van der Waals surface area contributed by atoms with Crippen LogP contribution in [-0.4, -0.2) is 29.2 Å². The number of benzene rings is 1. The molecule has 8 nitrogen and oxygen atoms in total. The van der Waals surface area contributed by atoms with Gasteiger partial charge in [-0.1, -0.05) is 6.07 Å². The standard InChI is InChI=1S/C22H19N3O5/c1-14(26)15-5-7-19-18(10-15)25(21(27)13-29-19)12-17-6-8-20(30-17)22(28)24-11-16-4-2-3-9-23-16/h2-10H,11-13H2,1H3,(H,24,28). The van der Waals surface area contributed by atoms with E-state index in [-0.39, 0.29) is 43.1 Å². The second-order valence-corrected chi connectivity index (χ2v) is 6.78. The third-order valence-corrected chi connectivity index (χ3v) is 4.66. The number of nitrogens with zero attached hydrogens (tertiary/aromatic N) is 2. The number of Topliss-reactive ketones (excluding diaryl/α,β-unsaturated/α-hetero) is 1. The van der Waals surface area contributed by atoms with Crippen molar-refractivity contribution in [2.75, 3.05) is 11.5 Å². The highest BCUT2D eigenvalue weighted by Crippen LogP contribution is 2.34. The Balaban J connectivity index is 1.48. The van der Waals surface area contributed by atoms with Crippen LogP contribution in [0.2, 0.25) is 0 Å².